The summed E-state index contributed by atoms with van der Waals surface area (Å²) in [6, 6.07) is 10.4. The van der Waals surface area contributed by atoms with Gasteiger partial charge in [-0.2, -0.15) is 5.10 Å². The van der Waals surface area contributed by atoms with Crippen molar-refractivity contribution >= 4 is 34.9 Å². The molecule has 0 aliphatic heterocycles. The van der Waals surface area contributed by atoms with Gasteiger partial charge >= 0.3 is 6.03 Å². The summed E-state index contributed by atoms with van der Waals surface area (Å²) in [5, 5.41) is 14.4. The van der Waals surface area contributed by atoms with Gasteiger partial charge in [0.15, 0.2) is 0 Å². The fourth-order valence-corrected chi connectivity index (χ4v) is 3.13. The zero-order valence-electron chi connectivity index (χ0n) is 17.6. The lowest BCUT2D eigenvalue weighted by Gasteiger charge is -2.21. The Kier molecular flexibility index (Phi) is 7.62. The Hall–Kier alpha value is -3.65. The first-order valence-electron chi connectivity index (χ1n) is 9.83. The minimum Gasteiger partial charge on any atom is -0.324 e. The Bertz CT molecular complexity index is 1080. The first kappa shape index (κ1) is 23.0. The normalized spacial score (nSPS) is 15.0. The largest absolute Gasteiger partial charge is 0.324 e. The first-order valence-corrected chi connectivity index (χ1v) is 10.2. The summed E-state index contributed by atoms with van der Waals surface area (Å²) in [4.78, 5) is 25.5. The van der Waals surface area contributed by atoms with Crippen LogP contribution in [0.4, 0.5) is 14.9 Å². The number of benzene rings is 2. The van der Waals surface area contributed by atoms with Crippen molar-refractivity contribution in [2.24, 2.45) is 5.10 Å². The summed E-state index contributed by atoms with van der Waals surface area (Å²) in [5.74, 6) is -1.18. The van der Waals surface area contributed by atoms with Crippen LogP contribution in [0.2, 0.25) is 5.02 Å². The molecule has 32 heavy (non-hydrogen) atoms. The number of allylic oxidation sites excluding steroid dienone is 3. The molecular formula is C23H23ClFN5O2. The van der Waals surface area contributed by atoms with E-state index in [1.807, 2.05) is 14.1 Å². The minimum absolute atomic E-state index is 0.0477. The van der Waals surface area contributed by atoms with Crippen LogP contribution >= 0.6 is 11.6 Å². The summed E-state index contributed by atoms with van der Waals surface area (Å²) in [6.45, 7) is 0. The molecule has 166 valence electrons. The second-order valence-corrected chi connectivity index (χ2v) is 7.62. The Morgan fingerprint density at radius 2 is 1.78 bits per heavy atom. The molecule has 3 rings (SSSR count). The van der Waals surface area contributed by atoms with Crippen LogP contribution in [0, 0.1) is 5.82 Å². The van der Waals surface area contributed by atoms with Crippen molar-refractivity contribution in [3.63, 3.8) is 0 Å². The number of halogens is 2. The van der Waals surface area contributed by atoms with E-state index in [0.29, 0.717) is 22.8 Å². The number of anilines is 1. The molecule has 0 spiro atoms. The van der Waals surface area contributed by atoms with Crippen molar-refractivity contribution in [1.82, 2.24) is 15.6 Å². The number of amides is 3. The van der Waals surface area contributed by atoms with Crippen molar-refractivity contribution in [2.45, 2.75) is 12.5 Å². The smallest absolute Gasteiger partial charge is 0.320 e. The van der Waals surface area contributed by atoms with Gasteiger partial charge in [0, 0.05) is 42.5 Å². The molecule has 0 radical (unpaired) electrons. The topological polar surface area (TPSA) is 85.8 Å². The maximum absolute atomic E-state index is 14.5. The van der Waals surface area contributed by atoms with E-state index in [-0.39, 0.29) is 5.56 Å². The van der Waals surface area contributed by atoms with Gasteiger partial charge < -0.3 is 21.0 Å². The van der Waals surface area contributed by atoms with Crippen molar-refractivity contribution in [3.05, 3.63) is 88.9 Å². The van der Waals surface area contributed by atoms with Gasteiger partial charge in [-0.25, -0.2) is 9.18 Å². The number of hydrazone groups is 1. The molecule has 1 aliphatic carbocycles. The predicted octanol–water partition coefficient (Wildman–Crippen LogP) is 4.22. The second kappa shape index (κ2) is 10.6. The zero-order chi connectivity index (χ0) is 23.1. The fraction of sp³-hybridized carbons (Fsp3) is 0.174. The van der Waals surface area contributed by atoms with E-state index in [1.165, 1.54) is 18.2 Å². The fourth-order valence-electron chi connectivity index (χ4n) is 3.00. The second-order valence-electron chi connectivity index (χ2n) is 7.18. The predicted molar refractivity (Wildman–Crippen MR) is 124 cm³/mol. The van der Waals surface area contributed by atoms with Crippen LogP contribution < -0.4 is 16.0 Å². The molecule has 1 aliphatic rings. The van der Waals surface area contributed by atoms with Crippen molar-refractivity contribution in [1.29, 1.82) is 0 Å². The molecule has 3 N–H and O–H groups in total. The standard InChI is InChI=1S/C23H23ClFN5O2/c1-30(2)29-18-13-11-16(12-14-18)26-22(31)21(19-5-3-4-6-20(19)25)28-23(32)27-17-9-7-15(24)8-10-17/h3-13,21H,14H2,1-2H3,(H,26,31)(H2,27,28,32). The minimum atomic E-state index is -1.25. The Morgan fingerprint density at radius 1 is 1.06 bits per heavy atom. The third kappa shape index (κ3) is 6.42. The molecule has 3 amide bonds. The van der Waals surface area contributed by atoms with E-state index in [4.69, 9.17) is 11.6 Å². The van der Waals surface area contributed by atoms with E-state index >= 15 is 0 Å². The number of nitrogens with zero attached hydrogens (tertiary/aromatic N) is 2. The summed E-state index contributed by atoms with van der Waals surface area (Å²) in [6.07, 6.45) is 5.82. The quantitative estimate of drug-likeness (QED) is 0.570. The molecule has 0 bridgehead atoms. The van der Waals surface area contributed by atoms with E-state index in [2.05, 4.69) is 21.1 Å². The highest BCUT2D eigenvalue weighted by Gasteiger charge is 2.26. The molecule has 7 nitrogen and oxygen atoms in total. The lowest BCUT2D eigenvalue weighted by atomic mass is 10.0. The molecule has 0 saturated carbocycles. The van der Waals surface area contributed by atoms with Crippen molar-refractivity contribution in [3.8, 4) is 0 Å². The Balaban J connectivity index is 1.74. The van der Waals surface area contributed by atoms with Crippen LogP contribution in [-0.2, 0) is 4.79 Å². The molecule has 0 aromatic heterocycles. The third-order valence-corrected chi connectivity index (χ3v) is 4.69. The van der Waals surface area contributed by atoms with Crippen LogP contribution in [0.25, 0.3) is 0 Å². The number of carbonyl (C=O) groups excluding carboxylic acids is 2. The summed E-state index contributed by atoms with van der Waals surface area (Å²) in [7, 11) is 3.64. The number of carbonyl (C=O) groups is 2. The Labute approximate surface area is 190 Å². The monoisotopic (exact) mass is 455 g/mol. The van der Waals surface area contributed by atoms with Crippen LogP contribution in [-0.4, -0.2) is 36.8 Å². The zero-order valence-corrected chi connectivity index (χ0v) is 18.4. The summed E-state index contributed by atoms with van der Waals surface area (Å²) in [5.41, 5.74) is 1.89. The van der Waals surface area contributed by atoms with E-state index in [0.717, 1.165) is 5.71 Å². The summed E-state index contributed by atoms with van der Waals surface area (Å²) >= 11 is 5.85. The molecule has 2 aromatic carbocycles. The molecule has 9 heteroatoms. The molecule has 0 fully saturated rings. The number of hydrogen-bond donors (Lipinski definition) is 3. The van der Waals surface area contributed by atoms with Crippen molar-refractivity contribution in [2.75, 3.05) is 19.4 Å². The van der Waals surface area contributed by atoms with Crippen LogP contribution in [0.15, 0.2) is 77.6 Å². The average molecular weight is 456 g/mol. The molecule has 0 heterocycles. The van der Waals surface area contributed by atoms with Crippen molar-refractivity contribution < 1.29 is 14.0 Å². The lowest BCUT2D eigenvalue weighted by Crippen LogP contribution is -2.42. The number of nitrogens with one attached hydrogen (secondary N) is 3. The van der Waals surface area contributed by atoms with E-state index in [9.17, 15) is 14.0 Å². The summed E-state index contributed by atoms with van der Waals surface area (Å²) < 4.78 is 14.5. The maximum atomic E-state index is 14.5. The lowest BCUT2D eigenvalue weighted by molar-refractivity contribution is -0.122. The number of urea groups is 1. The highest BCUT2D eigenvalue weighted by Crippen LogP contribution is 2.19. The number of rotatable bonds is 6. The van der Waals surface area contributed by atoms with Crippen LogP contribution in [0.1, 0.15) is 18.0 Å². The van der Waals surface area contributed by atoms with Gasteiger partial charge in [-0.05, 0) is 42.5 Å². The SMILES string of the molecule is CN(C)N=C1C=CC(NC(=O)C(NC(=O)Nc2ccc(Cl)cc2)c2ccccc2F)=CC1. The molecule has 0 saturated heterocycles. The molecular weight excluding hydrogens is 433 g/mol. The van der Waals surface area contributed by atoms with Gasteiger partial charge in [0.25, 0.3) is 5.91 Å². The molecule has 1 unspecified atom stereocenters. The maximum Gasteiger partial charge on any atom is 0.320 e. The first-order chi connectivity index (χ1) is 15.3. The van der Waals surface area contributed by atoms with Gasteiger partial charge in [-0.3, -0.25) is 4.79 Å². The number of hydrogen-bond acceptors (Lipinski definition) is 4. The van der Waals surface area contributed by atoms with Gasteiger partial charge in [0.2, 0.25) is 0 Å². The van der Waals surface area contributed by atoms with Gasteiger partial charge in [0.05, 0.1) is 5.71 Å². The van der Waals surface area contributed by atoms with Gasteiger partial charge in [-0.1, -0.05) is 35.9 Å². The Morgan fingerprint density at radius 3 is 2.41 bits per heavy atom. The molecule has 2 aromatic rings. The van der Waals surface area contributed by atoms with Gasteiger partial charge in [-0.15, -0.1) is 0 Å². The molecule has 1 atom stereocenters. The van der Waals surface area contributed by atoms with Gasteiger partial charge in [0.1, 0.15) is 11.9 Å². The van der Waals surface area contributed by atoms with Crippen LogP contribution in [0.5, 0.6) is 0 Å². The third-order valence-electron chi connectivity index (χ3n) is 4.44. The average Bonchev–Trinajstić information content (AvgIpc) is 2.75. The van der Waals surface area contributed by atoms with E-state index < -0.39 is 23.8 Å². The van der Waals surface area contributed by atoms with Crippen LogP contribution in [0.3, 0.4) is 0 Å². The highest BCUT2D eigenvalue weighted by atomic mass is 35.5. The highest BCUT2D eigenvalue weighted by molar-refractivity contribution is 6.30. The van der Waals surface area contributed by atoms with E-state index in [1.54, 1.807) is 53.6 Å².